The largest absolute Gasteiger partial charge is 0.488 e. The van der Waals surface area contributed by atoms with Crippen LogP contribution in [0, 0.1) is 46.3 Å². The predicted octanol–water partition coefficient (Wildman–Crippen LogP) is 8.31. The van der Waals surface area contributed by atoms with Crippen molar-refractivity contribution in [2.45, 2.75) is 97.5 Å². The number of ether oxygens (including phenoxy) is 1. The molecule has 0 spiro atoms. The first-order valence-corrected chi connectivity index (χ1v) is 16.3. The standard InChI is InChI=1S/C36H51N3O2/c1-23(9-16-34(40)39-26-7-5-4-6-8-26)29-13-14-30-28-12-10-24-21-27(41-33-15-11-25(37)22-32(33)38)17-19-35(24,2)31(28)18-20-36(29,30)3/h4-8,11,15,22-24,27-31H,9-10,12-14,16-21,37-38H2,1-3H3,(H,39,40)/t23-,24?,27?,28+,29-,30+,31+,35+,36-/m1/s1. The van der Waals surface area contributed by atoms with Crippen LogP contribution in [0.15, 0.2) is 48.5 Å². The molecule has 4 aliphatic carbocycles. The van der Waals surface area contributed by atoms with Gasteiger partial charge < -0.3 is 21.5 Å². The molecule has 0 aromatic heterocycles. The Kier molecular flexibility index (Phi) is 7.76. The fraction of sp³-hybridized carbons (Fsp3) is 0.639. The predicted molar refractivity (Wildman–Crippen MR) is 168 cm³/mol. The number of rotatable bonds is 7. The number of para-hydroxylation sites is 1. The van der Waals surface area contributed by atoms with Crippen molar-refractivity contribution in [1.82, 2.24) is 0 Å². The third-order valence-corrected chi connectivity index (χ3v) is 12.6. The van der Waals surface area contributed by atoms with Gasteiger partial charge in [-0.15, -0.1) is 0 Å². The molecule has 5 N–H and O–H groups in total. The number of carbonyl (C=O) groups excluding carboxylic acids is 1. The maximum atomic E-state index is 12.7. The molecule has 4 fully saturated rings. The molecule has 0 radical (unpaired) electrons. The first-order chi connectivity index (χ1) is 19.7. The highest BCUT2D eigenvalue weighted by atomic mass is 16.5. The number of nitrogen functional groups attached to an aromatic ring is 2. The molecule has 0 bridgehead atoms. The quantitative estimate of drug-likeness (QED) is 0.299. The van der Waals surface area contributed by atoms with Crippen LogP contribution in [0.2, 0.25) is 0 Å². The molecule has 1 amide bonds. The van der Waals surface area contributed by atoms with E-state index in [1.807, 2.05) is 48.5 Å². The average Bonchev–Trinajstić information content (AvgIpc) is 3.31. The molecule has 4 saturated carbocycles. The Morgan fingerprint density at radius 2 is 1.71 bits per heavy atom. The number of nitrogens with one attached hydrogen (secondary N) is 1. The van der Waals surface area contributed by atoms with Gasteiger partial charge in [0.25, 0.3) is 0 Å². The second-order valence-electron chi connectivity index (χ2n) is 14.6. The van der Waals surface area contributed by atoms with E-state index in [1.165, 1.54) is 44.9 Å². The Labute approximate surface area is 247 Å². The van der Waals surface area contributed by atoms with Crippen LogP contribution in [0.4, 0.5) is 17.1 Å². The van der Waals surface area contributed by atoms with Gasteiger partial charge in [0.15, 0.2) is 0 Å². The van der Waals surface area contributed by atoms with Crippen LogP contribution in [-0.4, -0.2) is 12.0 Å². The normalized spacial score (nSPS) is 36.9. The lowest BCUT2D eigenvalue weighted by molar-refractivity contribution is -0.127. The van der Waals surface area contributed by atoms with Crippen LogP contribution in [-0.2, 0) is 4.79 Å². The molecular formula is C36H51N3O2. The summed E-state index contributed by atoms with van der Waals surface area (Å²) in [6.07, 6.45) is 13.5. The highest BCUT2D eigenvalue weighted by Crippen LogP contribution is 2.68. The summed E-state index contributed by atoms with van der Waals surface area (Å²) in [6, 6.07) is 15.5. The van der Waals surface area contributed by atoms with Gasteiger partial charge in [-0.05, 0) is 141 Å². The Balaban J connectivity index is 1.07. The maximum Gasteiger partial charge on any atom is 0.224 e. The first-order valence-electron chi connectivity index (χ1n) is 16.3. The zero-order chi connectivity index (χ0) is 28.8. The van der Waals surface area contributed by atoms with Crippen molar-refractivity contribution >= 4 is 23.0 Å². The van der Waals surface area contributed by atoms with Gasteiger partial charge in [0.05, 0.1) is 11.8 Å². The molecule has 6 rings (SSSR count). The summed E-state index contributed by atoms with van der Waals surface area (Å²) >= 11 is 0. The molecule has 5 nitrogen and oxygen atoms in total. The Morgan fingerprint density at radius 3 is 2.49 bits per heavy atom. The van der Waals surface area contributed by atoms with Gasteiger partial charge in [0.2, 0.25) is 5.91 Å². The molecule has 2 aromatic rings. The number of carbonyl (C=O) groups is 1. The zero-order valence-corrected chi connectivity index (χ0v) is 25.4. The van der Waals surface area contributed by atoms with E-state index in [0.29, 0.717) is 34.5 Å². The van der Waals surface area contributed by atoms with Crippen LogP contribution < -0.4 is 21.5 Å². The summed E-state index contributed by atoms with van der Waals surface area (Å²) < 4.78 is 6.46. The van der Waals surface area contributed by atoms with Crippen LogP contribution in [0.3, 0.4) is 0 Å². The average molecular weight is 558 g/mol. The summed E-state index contributed by atoms with van der Waals surface area (Å²) in [6.45, 7) is 7.68. The van der Waals surface area contributed by atoms with Crippen molar-refractivity contribution in [3.8, 4) is 5.75 Å². The summed E-state index contributed by atoms with van der Waals surface area (Å²) in [5.74, 6) is 5.54. The molecule has 41 heavy (non-hydrogen) atoms. The second kappa shape index (κ2) is 11.2. The Morgan fingerprint density at radius 1 is 0.951 bits per heavy atom. The van der Waals surface area contributed by atoms with Crippen LogP contribution in [0.1, 0.15) is 91.4 Å². The third kappa shape index (κ3) is 5.34. The maximum absolute atomic E-state index is 12.7. The monoisotopic (exact) mass is 557 g/mol. The summed E-state index contributed by atoms with van der Waals surface area (Å²) in [4.78, 5) is 12.7. The molecule has 5 heteroatoms. The number of fused-ring (bicyclic) bond motifs is 5. The molecular weight excluding hydrogens is 506 g/mol. The summed E-state index contributed by atoms with van der Waals surface area (Å²) in [7, 11) is 0. The summed E-state index contributed by atoms with van der Waals surface area (Å²) in [5.41, 5.74) is 15.2. The van der Waals surface area contributed by atoms with Gasteiger partial charge in [-0.2, -0.15) is 0 Å². The van der Waals surface area contributed by atoms with Gasteiger partial charge in [0, 0.05) is 17.8 Å². The van der Waals surface area contributed by atoms with E-state index in [4.69, 9.17) is 16.2 Å². The molecule has 2 aromatic carbocycles. The van der Waals surface area contributed by atoms with E-state index < -0.39 is 0 Å². The van der Waals surface area contributed by atoms with Gasteiger partial charge >= 0.3 is 0 Å². The lowest BCUT2D eigenvalue weighted by Gasteiger charge is -2.61. The van der Waals surface area contributed by atoms with Gasteiger partial charge in [-0.25, -0.2) is 0 Å². The number of hydrogen-bond acceptors (Lipinski definition) is 4. The van der Waals surface area contributed by atoms with Crippen molar-refractivity contribution in [2.75, 3.05) is 16.8 Å². The van der Waals surface area contributed by atoms with Crippen molar-refractivity contribution in [1.29, 1.82) is 0 Å². The highest BCUT2D eigenvalue weighted by Gasteiger charge is 2.60. The Bertz CT molecular complexity index is 1230. The lowest BCUT2D eigenvalue weighted by Crippen LogP contribution is -2.54. The van der Waals surface area contributed by atoms with Crippen molar-refractivity contribution < 1.29 is 9.53 Å². The van der Waals surface area contributed by atoms with Gasteiger partial charge in [-0.1, -0.05) is 39.0 Å². The topological polar surface area (TPSA) is 90.4 Å². The minimum absolute atomic E-state index is 0.149. The zero-order valence-electron chi connectivity index (χ0n) is 25.4. The van der Waals surface area contributed by atoms with Crippen LogP contribution in [0.25, 0.3) is 0 Å². The fourth-order valence-electron chi connectivity index (χ4n) is 10.5. The lowest BCUT2D eigenvalue weighted by atomic mass is 9.44. The third-order valence-electron chi connectivity index (χ3n) is 12.6. The van der Waals surface area contributed by atoms with Gasteiger partial charge in [0.1, 0.15) is 5.75 Å². The van der Waals surface area contributed by atoms with E-state index in [-0.39, 0.29) is 12.0 Å². The number of nitrogens with two attached hydrogens (primary N) is 2. The summed E-state index contributed by atoms with van der Waals surface area (Å²) in [5, 5.41) is 3.08. The van der Waals surface area contributed by atoms with Crippen molar-refractivity contribution in [2.24, 2.45) is 46.3 Å². The minimum atomic E-state index is 0.149. The van der Waals surface area contributed by atoms with Crippen molar-refractivity contribution in [3.05, 3.63) is 48.5 Å². The molecule has 0 aliphatic heterocycles. The molecule has 9 atom stereocenters. The van der Waals surface area contributed by atoms with E-state index in [2.05, 4.69) is 26.1 Å². The van der Waals surface area contributed by atoms with E-state index >= 15 is 0 Å². The SMILES string of the molecule is C[C@H](CCC(=O)Nc1ccccc1)[C@H]1CC[C@H]2[C@@H]3CCC4CC(Oc5ccc(N)cc5N)CC[C@]4(C)[C@H]3CC[C@]12C. The molecule has 2 unspecified atom stereocenters. The van der Waals surface area contributed by atoms with Crippen LogP contribution in [0.5, 0.6) is 5.75 Å². The van der Waals surface area contributed by atoms with E-state index in [0.717, 1.165) is 60.3 Å². The number of hydrogen-bond donors (Lipinski definition) is 3. The van der Waals surface area contributed by atoms with Gasteiger partial charge in [-0.3, -0.25) is 4.79 Å². The molecule has 4 aliphatic rings. The number of anilines is 3. The smallest absolute Gasteiger partial charge is 0.224 e. The fourth-order valence-corrected chi connectivity index (χ4v) is 10.5. The highest BCUT2D eigenvalue weighted by molar-refractivity contribution is 5.90. The molecule has 0 heterocycles. The molecule has 222 valence electrons. The minimum Gasteiger partial charge on any atom is -0.488 e. The number of amides is 1. The second-order valence-corrected chi connectivity index (χ2v) is 14.6. The number of benzene rings is 2. The van der Waals surface area contributed by atoms with Crippen LogP contribution >= 0.6 is 0 Å². The van der Waals surface area contributed by atoms with E-state index in [1.54, 1.807) is 0 Å². The molecule has 0 saturated heterocycles. The van der Waals surface area contributed by atoms with E-state index in [9.17, 15) is 4.79 Å². The van der Waals surface area contributed by atoms with Crippen molar-refractivity contribution in [3.63, 3.8) is 0 Å². The first kappa shape index (κ1) is 28.4. The Hall–Kier alpha value is -2.69.